The van der Waals surface area contributed by atoms with Gasteiger partial charge in [0.05, 0.1) is 25.7 Å². The summed E-state index contributed by atoms with van der Waals surface area (Å²) in [5, 5.41) is 7.36. The van der Waals surface area contributed by atoms with E-state index in [9.17, 15) is 0 Å². The van der Waals surface area contributed by atoms with E-state index in [1.807, 2.05) is 19.0 Å². The fourth-order valence-electron chi connectivity index (χ4n) is 2.03. The maximum absolute atomic E-state index is 5.47. The van der Waals surface area contributed by atoms with Crippen LogP contribution in [0.1, 0.15) is 24.6 Å². The number of nitrogens with zero attached hydrogens (tertiary/aromatic N) is 3. The van der Waals surface area contributed by atoms with E-state index in [4.69, 9.17) is 9.26 Å². The molecule has 1 aliphatic heterocycles. The summed E-state index contributed by atoms with van der Waals surface area (Å²) < 4.78 is 10.8. The van der Waals surface area contributed by atoms with Crippen LogP contribution in [0.25, 0.3) is 0 Å². The van der Waals surface area contributed by atoms with Gasteiger partial charge in [0.15, 0.2) is 5.82 Å². The van der Waals surface area contributed by atoms with Gasteiger partial charge in [0, 0.05) is 6.04 Å². The number of aromatic nitrogens is 2. The van der Waals surface area contributed by atoms with Crippen molar-refractivity contribution in [3.05, 3.63) is 11.7 Å². The van der Waals surface area contributed by atoms with E-state index in [0.717, 1.165) is 12.4 Å². The Morgan fingerprint density at radius 3 is 2.94 bits per heavy atom. The van der Waals surface area contributed by atoms with Crippen molar-refractivity contribution >= 4 is 0 Å². The van der Waals surface area contributed by atoms with Gasteiger partial charge >= 0.3 is 0 Å². The monoisotopic (exact) mass is 240 g/mol. The molecule has 0 amide bonds. The van der Waals surface area contributed by atoms with Gasteiger partial charge in [-0.3, -0.25) is 0 Å². The summed E-state index contributed by atoms with van der Waals surface area (Å²) in [6.07, 6.45) is 0. The largest absolute Gasteiger partial charge is 0.379 e. The summed E-state index contributed by atoms with van der Waals surface area (Å²) in [7, 11) is 3.96. The van der Waals surface area contributed by atoms with Crippen molar-refractivity contribution in [2.24, 2.45) is 0 Å². The number of hydrogen-bond donors (Lipinski definition) is 1. The van der Waals surface area contributed by atoms with E-state index < -0.39 is 0 Å². The smallest absolute Gasteiger partial charge is 0.233 e. The second-order valence-electron chi connectivity index (χ2n) is 4.59. The van der Waals surface area contributed by atoms with Gasteiger partial charge in [-0.05, 0) is 20.6 Å². The first kappa shape index (κ1) is 12.5. The predicted octanol–water partition coefficient (Wildman–Crippen LogP) is 0.223. The lowest BCUT2D eigenvalue weighted by Gasteiger charge is -2.14. The third-order valence-corrected chi connectivity index (χ3v) is 2.81. The second kappa shape index (κ2) is 5.57. The Bertz CT molecular complexity index is 353. The molecular weight excluding hydrogens is 220 g/mol. The number of hydrogen-bond acceptors (Lipinski definition) is 6. The van der Waals surface area contributed by atoms with Crippen LogP contribution in [0.15, 0.2) is 4.52 Å². The van der Waals surface area contributed by atoms with E-state index in [1.165, 1.54) is 0 Å². The van der Waals surface area contributed by atoms with Crippen LogP contribution in [0.5, 0.6) is 0 Å². The Morgan fingerprint density at radius 1 is 1.41 bits per heavy atom. The molecule has 1 aliphatic rings. The van der Waals surface area contributed by atoms with Crippen LogP contribution in [0.2, 0.25) is 0 Å². The third-order valence-electron chi connectivity index (χ3n) is 2.81. The average molecular weight is 240 g/mol. The molecule has 2 atom stereocenters. The van der Waals surface area contributed by atoms with Crippen LogP contribution in [-0.2, 0) is 11.3 Å². The van der Waals surface area contributed by atoms with Crippen LogP contribution in [0.4, 0.5) is 0 Å². The highest BCUT2D eigenvalue weighted by molar-refractivity contribution is 5.02. The van der Waals surface area contributed by atoms with Gasteiger partial charge in [-0.15, -0.1) is 0 Å². The highest BCUT2D eigenvalue weighted by Gasteiger charge is 2.33. The molecule has 1 aromatic rings. The molecule has 2 unspecified atom stereocenters. The number of ether oxygens (including phenoxy) is 1. The quantitative estimate of drug-likeness (QED) is 0.794. The zero-order valence-electron chi connectivity index (χ0n) is 10.6. The summed E-state index contributed by atoms with van der Waals surface area (Å²) in [5.41, 5.74) is 0. The summed E-state index contributed by atoms with van der Waals surface area (Å²) in [6, 6.07) is 0.285. The minimum Gasteiger partial charge on any atom is -0.379 e. The Kier molecular flexibility index (Phi) is 4.09. The Labute approximate surface area is 101 Å². The van der Waals surface area contributed by atoms with Gasteiger partial charge in [-0.2, -0.15) is 4.98 Å². The Balaban J connectivity index is 2.03. The van der Waals surface area contributed by atoms with Crippen LogP contribution >= 0.6 is 0 Å². The lowest BCUT2D eigenvalue weighted by Crippen LogP contribution is -2.34. The molecule has 0 bridgehead atoms. The minimum absolute atomic E-state index is 0.179. The van der Waals surface area contributed by atoms with Gasteiger partial charge in [0.2, 0.25) is 5.89 Å². The number of likely N-dealkylation sites (N-methyl/N-ethyl adjacent to an activating group) is 1. The second-order valence-corrected chi connectivity index (χ2v) is 4.59. The lowest BCUT2D eigenvalue weighted by molar-refractivity contribution is 0.185. The molecule has 0 radical (unpaired) electrons. The van der Waals surface area contributed by atoms with E-state index in [0.29, 0.717) is 25.6 Å². The van der Waals surface area contributed by atoms with Gasteiger partial charge in [-0.1, -0.05) is 12.1 Å². The van der Waals surface area contributed by atoms with Crippen LogP contribution in [-0.4, -0.2) is 54.9 Å². The number of rotatable bonds is 5. The molecule has 1 saturated heterocycles. The Hall–Kier alpha value is -0.980. The van der Waals surface area contributed by atoms with Crippen molar-refractivity contribution in [2.75, 3.05) is 33.9 Å². The molecule has 1 N–H and O–H groups in total. The van der Waals surface area contributed by atoms with Crippen LogP contribution in [0, 0.1) is 0 Å². The summed E-state index contributed by atoms with van der Waals surface area (Å²) in [6.45, 7) is 5.07. The first-order valence-corrected chi connectivity index (χ1v) is 5.99. The zero-order valence-corrected chi connectivity index (χ0v) is 10.6. The van der Waals surface area contributed by atoms with Crippen LogP contribution in [0.3, 0.4) is 0 Å². The lowest BCUT2D eigenvalue weighted by atomic mass is 10.0. The molecule has 0 saturated carbocycles. The number of nitrogens with one attached hydrogen (secondary N) is 1. The van der Waals surface area contributed by atoms with Gasteiger partial charge in [0.1, 0.15) is 0 Å². The normalized spacial score (nSPS) is 24.7. The van der Waals surface area contributed by atoms with Crippen molar-refractivity contribution < 1.29 is 9.26 Å². The zero-order chi connectivity index (χ0) is 12.3. The first-order valence-electron chi connectivity index (χ1n) is 5.99. The van der Waals surface area contributed by atoms with E-state index in [2.05, 4.69) is 22.4 Å². The highest BCUT2D eigenvalue weighted by atomic mass is 16.5. The molecule has 96 valence electrons. The molecule has 1 aromatic heterocycles. The maximum Gasteiger partial charge on any atom is 0.233 e. The van der Waals surface area contributed by atoms with Crippen molar-refractivity contribution in [3.63, 3.8) is 0 Å². The molecule has 6 nitrogen and oxygen atoms in total. The standard InChI is InChI=1S/C11H20N4O2/c1-4-12-9-7-16-6-8(9)11-13-10(14-17-11)5-15(2)3/h8-9,12H,4-7H2,1-3H3. The van der Waals surface area contributed by atoms with E-state index in [-0.39, 0.29) is 12.0 Å². The molecule has 2 rings (SSSR count). The van der Waals surface area contributed by atoms with Crippen molar-refractivity contribution in [2.45, 2.75) is 25.4 Å². The SMILES string of the molecule is CCNC1COCC1c1nc(CN(C)C)no1. The molecule has 6 heteroatoms. The topological polar surface area (TPSA) is 63.4 Å². The summed E-state index contributed by atoms with van der Waals surface area (Å²) in [5.74, 6) is 1.59. The fraction of sp³-hybridized carbons (Fsp3) is 0.818. The van der Waals surface area contributed by atoms with Crippen molar-refractivity contribution in [3.8, 4) is 0 Å². The Morgan fingerprint density at radius 2 is 2.24 bits per heavy atom. The first-order chi connectivity index (χ1) is 8.20. The van der Waals surface area contributed by atoms with Crippen molar-refractivity contribution in [1.82, 2.24) is 20.4 Å². The third kappa shape index (κ3) is 3.02. The minimum atomic E-state index is 0.179. The predicted molar refractivity (Wildman–Crippen MR) is 62.7 cm³/mol. The molecule has 17 heavy (non-hydrogen) atoms. The molecular formula is C11H20N4O2. The maximum atomic E-state index is 5.47. The summed E-state index contributed by atoms with van der Waals surface area (Å²) >= 11 is 0. The van der Waals surface area contributed by atoms with Gasteiger partial charge in [-0.25, -0.2) is 0 Å². The fourth-order valence-corrected chi connectivity index (χ4v) is 2.03. The molecule has 0 spiro atoms. The van der Waals surface area contributed by atoms with Crippen molar-refractivity contribution in [1.29, 1.82) is 0 Å². The van der Waals surface area contributed by atoms with E-state index in [1.54, 1.807) is 0 Å². The summed E-state index contributed by atoms with van der Waals surface area (Å²) in [4.78, 5) is 6.44. The van der Waals surface area contributed by atoms with Gasteiger partial charge in [0.25, 0.3) is 0 Å². The van der Waals surface area contributed by atoms with E-state index >= 15 is 0 Å². The average Bonchev–Trinajstić information content (AvgIpc) is 2.86. The molecule has 0 aliphatic carbocycles. The molecule has 2 heterocycles. The highest BCUT2D eigenvalue weighted by Crippen LogP contribution is 2.24. The molecule has 0 aromatic carbocycles. The van der Waals surface area contributed by atoms with Crippen LogP contribution < -0.4 is 5.32 Å². The van der Waals surface area contributed by atoms with Gasteiger partial charge < -0.3 is 19.5 Å². The molecule has 1 fully saturated rings.